The van der Waals surface area contributed by atoms with E-state index in [0.717, 1.165) is 0 Å². The van der Waals surface area contributed by atoms with Crippen LogP contribution in [0.15, 0.2) is 0 Å². The van der Waals surface area contributed by atoms with Crippen molar-refractivity contribution in [1.82, 2.24) is 4.90 Å². The number of nitrogens with zero attached hydrogens (tertiary/aromatic N) is 1. The average Bonchev–Trinajstić information content (AvgIpc) is 2.51. The van der Waals surface area contributed by atoms with Crippen molar-refractivity contribution in [2.75, 3.05) is 31.2 Å². The molecule has 0 spiro atoms. The van der Waals surface area contributed by atoms with Gasteiger partial charge in [0.05, 0.1) is 42.8 Å². The Balaban J connectivity index is 1.99. The Hall–Kier alpha value is -0.700. The molecule has 2 rings (SSSR count). The molecule has 0 radical (unpaired) electrons. The summed E-state index contributed by atoms with van der Waals surface area (Å²) in [5, 5.41) is 18.5. The van der Waals surface area contributed by atoms with Crippen LogP contribution in [0.1, 0.15) is 6.42 Å². The molecule has 7 nitrogen and oxygen atoms in total. The highest BCUT2D eigenvalue weighted by molar-refractivity contribution is 7.91. The Kier molecular flexibility index (Phi) is 3.90. The van der Waals surface area contributed by atoms with Crippen LogP contribution in [-0.4, -0.2) is 79.0 Å². The van der Waals surface area contributed by atoms with E-state index in [9.17, 15) is 18.3 Å². The van der Waals surface area contributed by atoms with Crippen LogP contribution in [0, 0.1) is 0 Å². The largest absolute Gasteiger partial charge is 0.481 e. The predicted molar refractivity (Wildman–Crippen MR) is 62.0 cm³/mol. The van der Waals surface area contributed by atoms with Gasteiger partial charge in [-0.2, -0.15) is 0 Å². The van der Waals surface area contributed by atoms with Crippen molar-refractivity contribution in [1.29, 1.82) is 0 Å². The molecule has 2 heterocycles. The van der Waals surface area contributed by atoms with Crippen LogP contribution in [0.25, 0.3) is 0 Å². The molecule has 2 aliphatic heterocycles. The van der Waals surface area contributed by atoms with Crippen molar-refractivity contribution < 1.29 is 28.2 Å². The fourth-order valence-electron chi connectivity index (χ4n) is 2.52. The summed E-state index contributed by atoms with van der Waals surface area (Å²) >= 11 is 0. The SMILES string of the molecule is O=C(O)CC1CN(C2CS(=O)(=O)CC2O)CCO1. The average molecular weight is 279 g/mol. The second-order valence-electron chi connectivity index (χ2n) is 4.80. The molecular weight excluding hydrogens is 262 g/mol. The first-order valence-corrected chi connectivity index (χ1v) is 7.65. The van der Waals surface area contributed by atoms with Gasteiger partial charge in [-0.3, -0.25) is 9.69 Å². The molecule has 2 fully saturated rings. The van der Waals surface area contributed by atoms with Crippen molar-refractivity contribution in [3.63, 3.8) is 0 Å². The van der Waals surface area contributed by atoms with Gasteiger partial charge < -0.3 is 14.9 Å². The van der Waals surface area contributed by atoms with Gasteiger partial charge >= 0.3 is 5.97 Å². The van der Waals surface area contributed by atoms with E-state index in [1.807, 2.05) is 4.90 Å². The molecule has 0 amide bonds. The van der Waals surface area contributed by atoms with Crippen molar-refractivity contribution in [2.45, 2.75) is 24.7 Å². The van der Waals surface area contributed by atoms with Gasteiger partial charge in [-0.15, -0.1) is 0 Å². The second kappa shape index (κ2) is 5.12. The van der Waals surface area contributed by atoms with Gasteiger partial charge in [0.2, 0.25) is 0 Å². The highest BCUT2D eigenvalue weighted by atomic mass is 32.2. The van der Waals surface area contributed by atoms with Gasteiger partial charge in [-0.1, -0.05) is 0 Å². The molecule has 0 aliphatic carbocycles. The van der Waals surface area contributed by atoms with E-state index in [4.69, 9.17) is 9.84 Å². The third kappa shape index (κ3) is 3.19. The number of ether oxygens (including phenoxy) is 1. The van der Waals surface area contributed by atoms with Crippen molar-refractivity contribution in [3.05, 3.63) is 0 Å². The van der Waals surface area contributed by atoms with Gasteiger partial charge in [-0.05, 0) is 0 Å². The first kappa shape index (κ1) is 13.7. The molecule has 0 bridgehead atoms. The zero-order valence-corrected chi connectivity index (χ0v) is 10.7. The summed E-state index contributed by atoms with van der Waals surface area (Å²) in [6.07, 6.45) is -1.43. The Morgan fingerprint density at radius 2 is 2.11 bits per heavy atom. The molecule has 0 aromatic heterocycles. The Bertz CT molecular complexity index is 422. The number of aliphatic hydroxyl groups excluding tert-OH is 1. The molecule has 8 heteroatoms. The number of carboxylic acids is 1. The number of rotatable bonds is 3. The number of carbonyl (C=O) groups is 1. The topological polar surface area (TPSA) is 104 Å². The first-order chi connectivity index (χ1) is 8.37. The van der Waals surface area contributed by atoms with Crippen LogP contribution < -0.4 is 0 Å². The minimum absolute atomic E-state index is 0.0615. The minimum atomic E-state index is -3.18. The molecule has 3 unspecified atom stereocenters. The van der Waals surface area contributed by atoms with Gasteiger partial charge in [-0.25, -0.2) is 8.42 Å². The summed E-state index contributed by atoms with van der Waals surface area (Å²) in [6, 6.07) is -0.435. The summed E-state index contributed by atoms with van der Waals surface area (Å²) < 4.78 is 28.2. The van der Waals surface area contributed by atoms with E-state index in [1.165, 1.54) is 0 Å². The van der Waals surface area contributed by atoms with Crippen LogP contribution in [-0.2, 0) is 19.4 Å². The van der Waals surface area contributed by atoms with Gasteiger partial charge in [0.1, 0.15) is 0 Å². The smallest absolute Gasteiger partial charge is 0.306 e. The number of hydrogen-bond acceptors (Lipinski definition) is 6. The van der Waals surface area contributed by atoms with Crippen LogP contribution in [0.2, 0.25) is 0 Å². The molecule has 3 atom stereocenters. The van der Waals surface area contributed by atoms with Crippen LogP contribution in [0.5, 0.6) is 0 Å². The zero-order chi connectivity index (χ0) is 13.3. The minimum Gasteiger partial charge on any atom is -0.481 e. The van der Waals surface area contributed by atoms with E-state index < -0.39 is 34.1 Å². The first-order valence-electron chi connectivity index (χ1n) is 5.83. The third-order valence-electron chi connectivity index (χ3n) is 3.34. The van der Waals surface area contributed by atoms with Gasteiger partial charge in [0.15, 0.2) is 9.84 Å². The lowest BCUT2D eigenvalue weighted by atomic mass is 10.1. The highest BCUT2D eigenvalue weighted by Crippen LogP contribution is 2.21. The van der Waals surface area contributed by atoms with E-state index in [-0.39, 0.29) is 17.9 Å². The maximum atomic E-state index is 11.4. The predicted octanol–water partition coefficient (Wildman–Crippen LogP) is -1.68. The molecule has 104 valence electrons. The summed E-state index contributed by atoms with van der Waals surface area (Å²) in [6.45, 7) is 1.23. The Morgan fingerprint density at radius 1 is 1.39 bits per heavy atom. The third-order valence-corrected chi connectivity index (χ3v) is 5.03. The Morgan fingerprint density at radius 3 is 2.67 bits per heavy atom. The summed E-state index contributed by atoms with van der Waals surface area (Å²) in [5.74, 6) is -1.21. The van der Waals surface area contributed by atoms with Gasteiger partial charge in [0, 0.05) is 13.1 Å². The molecule has 0 saturated carbocycles. The standard InChI is InChI=1S/C10H17NO6S/c12-9-6-18(15,16)5-8(9)11-1-2-17-7(4-11)3-10(13)14/h7-9,12H,1-6H2,(H,13,14). The molecule has 2 aliphatic rings. The number of hydrogen-bond donors (Lipinski definition) is 2. The quantitative estimate of drug-likeness (QED) is 0.636. The summed E-state index contributed by atoms with van der Waals surface area (Å²) in [4.78, 5) is 12.4. The maximum absolute atomic E-state index is 11.4. The van der Waals surface area contributed by atoms with Crippen molar-refractivity contribution in [2.24, 2.45) is 0 Å². The zero-order valence-electron chi connectivity index (χ0n) is 9.86. The van der Waals surface area contributed by atoms with E-state index in [1.54, 1.807) is 0 Å². The number of carboxylic acid groups (broad SMARTS) is 1. The number of sulfone groups is 1. The number of aliphatic hydroxyl groups is 1. The maximum Gasteiger partial charge on any atom is 0.306 e. The Labute approximate surface area is 105 Å². The fraction of sp³-hybridized carbons (Fsp3) is 0.900. The molecule has 18 heavy (non-hydrogen) atoms. The number of morpholine rings is 1. The monoisotopic (exact) mass is 279 g/mol. The fourth-order valence-corrected chi connectivity index (χ4v) is 4.35. The molecule has 0 aromatic carbocycles. The van der Waals surface area contributed by atoms with Crippen LogP contribution >= 0.6 is 0 Å². The van der Waals surface area contributed by atoms with Gasteiger partial charge in [0.25, 0.3) is 0 Å². The van der Waals surface area contributed by atoms with Crippen LogP contribution in [0.4, 0.5) is 0 Å². The lowest BCUT2D eigenvalue weighted by Gasteiger charge is -2.36. The molecule has 0 aromatic rings. The van der Waals surface area contributed by atoms with E-state index in [2.05, 4.69) is 0 Å². The molecular formula is C10H17NO6S. The summed E-state index contributed by atoms with van der Waals surface area (Å²) in [7, 11) is -3.18. The molecule has 2 N–H and O–H groups in total. The number of aliphatic carboxylic acids is 1. The van der Waals surface area contributed by atoms with Crippen molar-refractivity contribution >= 4 is 15.8 Å². The lowest BCUT2D eigenvalue weighted by molar-refractivity contribution is -0.142. The summed E-state index contributed by atoms with van der Waals surface area (Å²) in [5.41, 5.74) is 0. The highest BCUT2D eigenvalue weighted by Gasteiger charge is 2.41. The lowest BCUT2D eigenvalue weighted by Crippen LogP contribution is -2.52. The molecule has 2 saturated heterocycles. The van der Waals surface area contributed by atoms with Crippen molar-refractivity contribution in [3.8, 4) is 0 Å². The van der Waals surface area contributed by atoms with E-state index >= 15 is 0 Å². The van der Waals surface area contributed by atoms with Crippen LogP contribution in [0.3, 0.4) is 0 Å². The normalized spacial score (nSPS) is 36.6. The second-order valence-corrected chi connectivity index (χ2v) is 6.95. The van der Waals surface area contributed by atoms with E-state index in [0.29, 0.717) is 19.7 Å².